The molecule has 4 heteroatoms. The lowest BCUT2D eigenvalue weighted by Gasteiger charge is -2.03. The number of methoxy groups -OCH3 is 1. The summed E-state index contributed by atoms with van der Waals surface area (Å²) in [6.07, 6.45) is 0. The number of thiophene rings is 1. The molecule has 1 aromatic heterocycles. The van der Waals surface area contributed by atoms with Gasteiger partial charge in [0.05, 0.1) is 7.11 Å². The lowest BCUT2D eigenvalue weighted by molar-refractivity contribution is 0.411. The minimum absolute atomic E-state index is 0.277. The molecule has 0 unspecified atom stereocenters. The Bertz CT molecular complexity index is 496. The summed E-state index contributed by atoms with van der Waals surface area (Å²) in [4.78, 5) is 1.05. The largest absolute Gasteiger partial charge is 0.497 e. The van der Waals surface area contributed by atoms with E-state index in [0.29, 0.717) is 17.9 Å². The molecule has 0 atom stereocenters. The smallest absolute Gasteiger partial charge is 0.134 e. The van der Waals surface area contributed by atoms with Crippen molar-refractivity contribution in [1.82, 2.24) is 0 Å². The third-order valence-corrected chi connectivity index (χ3v) is 3.30. The van der Waals surface area contributed by atoms with Crippen LogP contribution in [0.3, 0.4) is 0 Å². The maximum absolute atomic E-state index is 13.7. The minimum Gasteiger partial charge on any atom is -0.497 e. The first-order valence-corrected chi connectivity index (χ1v) is 5.74. The number of rotatable bonds is 3. The highest BCUT2D eigenvalue weighted by molar-refractivity contribution is 7.10. The van der Waals surface area contributed by atoms with Gasteiger partial charge in [0.1, 0.15) is 11.6 Å². The van der Waals surface area contributed by atoms with Gasteiger partial charge >= 0.3 is 0 Å². The Balaban J connectivity index is 2.40. The van der Waals surface area contributed by atoms with E-state index in [1.54, 1.807) is 23.5 Å². The van der Waals surface area contributed by atoms with Gasteiger partial charge in [-0.3, -0.25) is 0 Å². The second-order valence-electron chi connectivity index (χ2n) is 3.35. The third kappa shape index (κ3) is 2.08. The maximum atomic E-state index is 13.7. The Morgan fingerprint density at radius 3 is 2.75 bits per heavy atom. The van der Waals surface area contributed by atoms with Crippen LogP contribution < -0.4 is 10.5 Å². The number of nitrogens with two attached hydrogens (primary N) is 1. The van der Waals surface area contributed by atoms with Gasteiger partial charge in [0.25, 0.3) is 0 Å². The average molecular weight is 237 g/mol. The Morgan fingerprint density at radius 2 is 2.19 bits per heavy atom. The van der Waals surface area contributed by atoms with E-state index in [9.17, 15) is 4.39 Å². The van der Waals surface area contributed by atoms with Crippen LogP contribution in [-0.4, -0.2) is 7.11 Å². The van der Waals surface area contributed by atoms with Gasteiger partial charge in [-0.25, -0.2) is 4.39 Å². The molecule has 1 aromatic carbocycles. The normalized spacial score (nSPS) is 10.4. The van der Waals surface area contributed by atoms with E-state index in [2.05, 4.69) is 0 Å². The number of benzene rings is 1. The van der Waals surface area contributed by atoms with E-state index < -0.39 is 0 Å². The third-order valence-electron chi connectivity index (χ3n) is 2.34. The molecule has 2 N–H and O–H groups in total. The fraction of sp³-hybridized carbons (Fsp3) is 0.167. The van der Waals surface area contributed by atoms with Crippen molar-refractivity contribution in [2.45, 2.75) is 6.54 Å². The molecule has 84 valence electrons. The van der Waals surface area contributed by atoms with Crippen LogP contribution in [0.4, 0.5) is 4.39 Å². The van der Waals surface area contributed by atoms with Gasteiger partial charge in [0, 0.05) is 23.1 Å². The van der Waals surface area contributed by atoms with Crippen molar-refractivity contribution < 1.29 is 9.13 Å². The van der Waals surface area contributed by atoms with Gasteiger partial charge < -0.3 is 10.5 Å². The molecule has 2 rings (SSSR count). The van der Waals surface area contributed by atoms with Gasteiger partial charge in [-0.05, 0) is 29.1 Å². The number of hydrogen-bond donors (Lipinski definition) is 1. The van der Waals surface area contributed by atoms with E-state index in [0.717, 1.165) is 10.4 Å². The van der Waals surface area contributed by atoms with Crippen LogP contribution in [0.25, 0.3) is 11.1 Å². The molecule has 2 nitrogen and oxygen atoms in total. The fourth-order valence-electron chi connectivity index (χ4n) is 1.49. The predicted octanol–water partition coefficient (Wildman–Crippen LogP) is 3.02. The van der Waals surface area contributed by atoms with Crippen LogP contribution >= 0.6 is 11.3 Å². The summed E-state index contributed by atoms with van der Waals surface area (Å²) < 4.78 is 18.7. The number of hydrogen-bond acceptors (Lipinski definition) is 3. The summed E-state index contributed by atoms with van der Waals surface area (Å²) >= 11 is 1.54. The van der Waals surface area contributed by atoms with Crippen molar-refractivity contribution in [2.75, 3.05) is 7.11 Å². The molecule has 0 saturated heterocycles. The van der Waals surface area contributed by atoms with E-state index in [4.69, 9.17) is 10.5 Å². The standard InChI is InChI=1S/C12H12FNOS/c1-15-9-2-3-11(12(13)5-9)8-4-10(6-14)16-7-8/h2-5,7H,6,14H2,1H3. The Hall–Kier alpha value is -1.39. The van der Waals surface area contributed by atoms with Gasteiger partial charge in [-0.15, -0.1) is 11.3 Å². The van der Waals surface area contributed by atoms with Crippen molar-refractivity contribution in [3.63, 3.8) is 0 Å². The maximum Gasteiger partial charge on any atom is 0.134 e. The van der Waals surface area contributed by atoms with E-state index in [1.807, 2.05) is 11.4 Å². The first-order valence-electron chi connectivity index (χ1n) is 4.86. The van der Waals surface area contributed by atoms with Gasteiger partial charge in [0.2, 0.25) is 0 Å². The minimum atomic E-state index is -0.277. The summed E-state index contributed by atoms with van der Waals surface area (Å²) in [5, 5.41) is 1.91. The predicted molar refractivity (Wildman–Crippen MR) is 64.2 cm³/mol. The van der Waals surface area contributed by atoms with Gasteiger partial charge in [-0.1, -0.05) is 0 Å². The topological polar surface area (TPSA) is 35.2 Å². The average Bonchev–Trinajstić information content (AvgIpc) is 2.77. The molecule has 0 aliphatic rings. The summed E-state index contributed by atoms with van der Waals surface area (Å²) in [7, 11) is 1.52. The molecule has 2 aromatic rings. The van der Waals surface area contributed by atoms with Crippen LogP contribution in [-0.2, 0) is 6.54 Å². The molecular weight excluding hydrogens is 225 g/mol. The van der Waals surface area contributed by atoms with E-state index in [1.165, 1.54) is 13.2 Å². The molecule has 0 aliphatic heterocycles. The summed E-state index contributed by atoms with van der Waals surface area (Å²) in [6, 6.07) is 6.76. The van der Waals surface area contributed by atoms with Crippen molar-refractivity contribution in [1.29, 1.82) is 0 Å². The van der Waals surface area contributed by atoms with Crippen LogP contribution in [0.1, 0.15) is 4.88 Å². The lowest BCUT2D eigenvalue weighted by atomic mass is 10.1. The van der Waals surface area contributed by atoms with Crippen molar-refractivity contribution in [2.24, 2.45) is 5.73 Å². The second-order valence-corrected chi connectivity index (χ2v) is 4.35. The zero-order chi connectivity index (χ0) is 11.5. The molecule has 1 heterocycles. The number of ether oxygens (including phenoxy) is 1. The zero-order valence-electron chi connectivity index (χ0n) is 8.87. The quantitative estimate of drug-likeness (QED) is 0.890. The lowest BCUT2D eigenvalue weighted by Crippen LogP contribution is -1.91. The van der Waals surface area contributed by atoms with Crippen molar-refractivity contribution in [3.05, 3.63) is 40.3 Å². The van der Waals surface area contributed by atoms with Crippen LogP contribution in [0.5, 0.6) is 5.75 Å². The molecule has 0 radical (unpaired) electrons. The molecule has 0 bridgehead atoms. The molecule has 16 heavy (non-hydrogen) atoms. The Kier molecular flexibility index (Phi) is 3.22. The highest BCUT2D eigenvalue weighted by Gasteiger charge is 2.08. The fourth-order valence-corrected chi connectivity index (χ4v) is 2.25. The van der Waals surface area contributed by atoms with E-state index >= 15 is 0 Å². The molecule has 0 spiro atoms. The number of halogens is 1. The molecule has 0 fully saturated rings. The summed E-state index contributed by atoms with van der Waals surface area (Å²) in [5.74, 6) is 0.247. The highest BCUT2D eigenvalue weighted by Crippen LogP contribution is 2.29. The first-order chi connectivity index (χ1) is 7.74. The monoisotopic (exact) mass is 237 g/mol. The molecule has 0 saturated carbocycles. The molecular formula is C12H12FNOS. The van der Waals surface area contributed by atoms with E-state index in [-0.39, 0.29) is 5.82 Å². The molecule has 0 amide bonds. The molecule has 0 aliphatic carbocycles. The highest BCUT2D eigenvalue weighted by atomic mass is 32.1. The van der Waals surface area contributed by atoms with Crippen LogP contribution in [0.2, 0.25) is 0 Å². The van der Waals surface area contributed by atoms with Crippen LogP contribution in [0.15, 0.2) is 29.6 Å². The summed E-state index contributed by atoms with van der Waals surface area (Å²) in [6.45, 7) is 0.489. The SMILES string of the molecule is COc1ccc(-c2csc(CN)c2)c(F)c1. The second kappa shape index (κ2) is 4.63. The Labute approximate surface area is 97.5 Å². The Morgan fingerprint density at radius 1 is 1.38 bits per heavy atom. The van der Waals surface area contributed by atoms with Crippen LogP contribution in [0, 0.1) is 5.82 Å². The van der Waals surface area contributed by atoms with Gasteiger partial charge in [0.15, 0.2) is 0 Å². The summed E-state index contributed by atoms with van der Waals surface area (Å²) in [5.41, 5.74) is 6.97. The zero-order valence-corrected chi connectivity index (χ0v) is 9.68. The first kappa shape index (κ1) is 11.1. The van der Waals surface area contributed by atoms with Crippen molar-refractivity contribution >= 4 is 11.3 Å². The van der Waals surface area contributed by atoms with Gasteiger partial charge in [-0.2, -0.15) is 0 Å². The van der Waals surface area contributed by atoms with Crippen molar-refractivity contribution in [3.8, 4) is 16.9 Å².